The quantitative estimate of drug-likeness (QED) is 0.804. The normalized spacial score (nSPS) is 11.7. The second-order valence-electron chi connectivity index (χ2n) is 7.03. The van der Waals surface area contributed by atoms with E-state index in [2.05, 4.69) is 33.8 Å². The summed E-state index contributed by atoms with van der Waals surface area (Å²) in [5.41, 5.74) is 4.95. The van der Waals surface area contributed by atoms with Gasteiger partial charge < -0.3 is 10.2 Å². The van der Waals surface area contributed by atoms with Crippen molar-refractivity contribution in [3.05, 3.63) is 47.0 Å². The third-order valence-corrected chi connectivity index (χ3v) is 4.07. The Morgan fingerprint density at radius 3 is 2.23 bits per heavy atom. The van der Waals surface area contributed by atoms with Crippen LogP contribution < -0.4 is 0 Å². The molecule has 0 aliphatic heterocycles. The Morgan fingerprint density at radius 2 is 1.64 bits per heavy atom. The van der Waals surface area contributed by atoms with Crippen molar-refractivity contribution in [3.63, 3.8) is 0 Å². The lowest BCUT2D eigenvalue weighted by Gasteiger charge is -2.22. The monoisotopic (exact) mass is 298 g/mol. The maximum Gasteiger partial charge on any atom is 0.126 e. The number of aryl methyl sites for hydroxylation is 2. The minimum Gasteiger partial charge on any atom is -0.508 e. The highest BCUT2D eigenvalue weighted by molar-refractivity contribution is 5.76. The molecule has 0 fully saturated rings. The molecule has 0 radical (unpaired) electrons. The average Bonchev–Trinajstić information content (AvgIpc) is 2.43. The van der Waals surface area contributed by atoms with Gasteiger partial charge in [0.25, 0.3) is 0 Å². The molecule has 2 aromatic rings. The van der Waals surface area contributed by atoms with Gasteiger partial charge in [0, 0.05) is 5.56 Å². The first kappa shape index (κ1) is 16.4. The molecule has 0 aliphatic rings. The number of hydrogen-bond donors (Lipinski definition) is 2. The van der Waals surface area contributed by atoms with Gasteiger partial charge in [0.2, 0.25) is 0 Å². The molecule has 22 heavy (non-hydrogen) atoms. The predicted octanol–water partition coefficient (Wildman–Crippen LogP) is 5.32. The Hall–Kier alpha value is -1.96. The van der Waals surface area contributed by atoms with Crippen molar-refractivity contribution in [1.82, 2.24) is 0 Å². The van der Waals surface area contributed by atoms with Crippen LogP contribution in [0.25, 0.3) is 11.1 Å². The molecule has 0 heterocycles. The number of phenols is 2. The van der Waals surface area contributed by atoms with Gasteiger partial charge in [-0.3, -0.25) is 0 Å². The van der Waals surface area contributed by atoms with E-state index in [0.717, 1.165) is 35.1 Å². The van der Waals surface area contributed by atoms with Crippen LogP contribution in [0.4, 0.5) is 0 Å². The minimum atomic E-state index is 0.00888. The standard InChI is InChI=1S/C20H26O2/c1-6-7-14-8-9-16(21)12-17(14)18-11-15(20(3,4)5)10-13(2)19(18)22/h8-12,21-22H,6-7H2,1-5H3. The summed E-state index contributed by atoms with van der Waals surface area (Å²) in [5.74, 6) is 0.532. The molecule has 2 nitrogen and oxygen atoms in total. The van der Waals surface area contributed by atoms with Crippen molar-refractivity contribution >= 4 is 0 Å². The van der Waals surface area contributed by atoms with Gasteiger partial charge in [0.05, 0.1) is 0 Å². The number of phenolic OH excluding ortho intramolecular Hbond substituents is 2. The lowest BCUT2D eigenvalue weighted by molar-refractivity contribution is 0.470. The lowest BCUT2D eigenvalue weighted by Crippen LogP contribution is -2.11. The van der Waals surface area contributed by atoms with Crippen molar-refractivity contribution in [1.29, 1.82) is 0 Å². The van der Waals surface area contributed by atoms with Crippen molar-refractivity contribution in [2.75, 3.05) is 0 Å². The Kier molecular flexibility index (Phi) is 4.50. The van der Waals surface area contributed by atoms with Gasteiger partial charge >= 0.3 is 0 Å². The molecule has 0 saturated carbocycles. The first-order valence-corrected chi connectivity index (χ1v) is 7.90. The molecule has 0 unspecified atom stereocenters. The zero-order chi connectivity index (χ0) is 16.5. The van der Waals surface area contributed by atoms with Crippen LogP contribution in [0.3, 0.4) is 0 Å². The fourth-order valence-corrected chi connectivity index (χ4v) is 2.72. The van der Waals surface area contributed by atoms with Gasteiger partial charge in [0.15, 0.2) is 0 Å². The number of rotatable bonds is 3. The lowest BCUT2D eigenvalue weighted by atomic mass is 9.83. The summed E-state index contributed by atoms with van der Waals surface area (Å²) in [7, 11) is 0. The SMILES string of the molecule is CCCc1ccc(O)cc1-c1cc(C(C)(C)C)cc(C)c1O. The Bertz CT molecular complexity index is 679. The maximum absolute atomic E-state index is 10.5. The summed E-state index contributed by atoms with van der Waals surface area (Å²) in [6.07, 6.45) is 1.95. The van der Waals surface area contributed by atoms with E-state index in [4.69, 9.17) is 0 Å². The second kappa shape index (κ2) is 6.04. The molecule has 0 aliphatic carbocycles. The summed E-state index contributed by atoms with van der Waals surface area (Å²) in [6, 6.07) is 9.52. The molecule has 0 spiro atoms. The first-order chi connectivity index (χ1) is 10.2. The molecular weight excluding hydrogens is 272 g/mol. The number of benzene rings is 2. The highest BCUT2D eigenvalue weighted by Crippen LogP contribution is 2.39. The minimum absolute atomic E-state index is 0.00888. The fraction of sp³-hybridized carbons (Fsp3) is 0.400. The van der Waals surface area contributed by atoms with Crippen LogP contribution >= 0.6 is 0 Å². The van der Waals surface area contributed by atoms with Crippen molar-refractivity contribution < 1.29 is 10.2 Å². The third kappa shape index (κ3) is 3.27. The first-order valence-electron chi connectivity index (χ1n) is 7.90. The smallest absolute Gasteiger partial charge is 0.126 e. The van der Waals surface area contributed by atoms with Gasteiger partial charge in [-0.1, -0.05) is 46.2 Å². The van der Waals surface area contributed by atoms with E-state index >= 15 is 0 Å². The van der Waals surface area contributed by atoms with Crippen LogP contribution in [0, 0.1) is 6.92 Å². The summed E-state index contributed by atoms with van der Waals surface area (Å²) < 4.78 is 0. The van der Waals surface area contributed by atoms with Crippen LogP contribution in [-0.4, -0.2) is 10.2 Å². The molecule has 2 aromatic carbocycles. The zero-order valence-corrected chi connectivity index (χ0v) is 14.2. The van der Waals surface area contributed by atoms with Crippen molar-refractivity contribution in [3.8, 4) is 22.6 Å². The van der Waals surface area contributed by atoms with Gasteiger partial charge in [-0.05, 0) is 59.2 Å². The van der Waals surface area contributed by atoms with E-state index in [1.807, 2.05) is 19.1 Å². The molecule has 0 atom stereocenters. The van der Waals surface area contributed by atoms with E-state index in [1.165, 1.54) is 5.56 Å². The van der Waals surface area contributed by atoms with Gasteiger partial charge in [-0.25, -0.2) is 0 Å². The highest BCUT2D eigenvalue weighted by Gasteiger charge is 2.19. The second-order valence-corrected chi connectivity index (χ2v) is 7.03. The third-order valence-electron chi connectivity index (χ3n) is 4.07. The van der Waals surface area contributed by atoms with E-state index in [0.29, 0.717) is 5.75 Å². The van der Waals surface area contributed by atoms with Crippen LogP contribution in [0.15, 0.2) is 30.3 Å². The zero-order valence-electron chi connectivity index (χ0n) is 14.2. The van der Waals surface area contributed by atoms with Gasteiger partial charge in [0.1, 0.15) is 11.5 Å². The summed E-state index contributed by atoms with van der Waals surface area (Å²) >= 11 is 0. The molecule has 0 aromatic heterocycles. The average molecular weight is 298 g/mol. The van der Waals surface area contributed by atoms with Crippen LogP contribution in [0.1, 0.15) is 50.8 Å². The highest BCUT2D eigenvalue weighted by atomic mass is 16.3. The van der Waals surface area contributed by atoms with Crippen LogP contribution in [-0.2, 0) is 11.8 Å². The number of hydrogen-bond acceptors (Lipinski definition) is 2. The van der Waals surface area contributed by atoms with E-state index < -0.39 is 0 Å². The molecule has 0 amide bonds. The van der Waals surface area contributed by atoms with E-state index in [1.54, 1.807) is 12.1 Å². The molecular formula is C20H26O2. The molecule has 0 saturated heterocycles. The Balaban J connectivity index is 2.71. The summed E-state index contributed by atoms with van der Waals surface area (Å²) in [4.78, 5) is 0. The molecule has 118 valence electrons. The van der Waals surface area contributed by atoms with Crippen molar-refractivity contribution in [2.24, 2.45) is 0 Å². The van der Waals surface area contributed by atoms with Crippen LogP contribution in [0.2, 0.25) is 0 Å². The summed E-state index contributed by atoms with van der Waals surface area (Å²) in [5, 5.41) is 20.4. The number of aromatic hydroxyl groups is 2. The molecule has 0 bridgehead atoms. The predicted molar refractivity (Wildman–Crippen MR) is 92.6 cm³/mol. The van der Waals surface area contributed by atoms with Gasteiger partial charge in [-0.15, -0.1) is 0 Å². The van der Waals surface area contributed by atoms with Gasteiger partial charge in [-0.2, -0.15) is 0 Å². The van der Waals surface area contributed by atoms with Crippen molar-refractivity contribution in [2.45, 2.75) is 52.9 Å². The van der Waals surface area contributed by atoms with E-state index in [-0.39, 0.29) is 11.2 Å². The maximum atomic E-state index is 10.5. The summed E-state index contributed by atoms with van der Waals surface area (Å²) in [6.45, 7) is 10.6. The molecule has 2 N–H and O–H groups in total. The molecule has 2 rings (SSSR count). The topological polar surface area (TPSA) is 40.5 Å². The van der Waals surface area contributed by atoms with Crippen LogP contribution in [0.5, 0.6) is 11.5 Å². The molecule has 2 heteroatoms. The Labute approximate surface area is 133 Å². The Morgan fingerprint density at radius 1 is 0.955 bits per heavy atom. The van der Waals surface area contributed by atoms with E-state index in [9.17, 15) is 10.2 Å². The fourth-order valence-electron chi connectivity index (χ4n) is 2.72. The largest absolute Gasteiger partial charge is 0.508 e.